The molecule has 2 rings (SSSR count). The van der Waals surface area contributed by atoms with Gasteiger partial charge in [0.25, 0.3) is 5.91 Å². The Balaban J connectivity index is 2.29. The minimum atomic E-state index is -0.684. The fraction of sp³-hybridized carbons (Fsp3) is 0.440. The second kappa shape index (κ2) is 11.8. The summed E-state index contributed by atoms with van der Waals surface area (Å²) >= 11 is 6.35. The van der Waals surface area contributed by atoms with Crippen molar-refractivity contribution in [2.45, 2.75) is 52.2 Å². The fourth-order valence-electron chi connectivity index (χ4n) is 3.28. The van der Waals surface area contributed by atoms with E-state index in [1.165, 1.54) is 19.1 Å². The molecule has 0 saturated carbocycles. The van der Waals surface area contributed by atoms with Gasteiger partial charge in [-0.05, 0) is 38.8 Å². The number of nitrogens with one attached hydrogen (secondary N) is 1. The molecule has 0 fully saturated rings. The Morgan fingerprint density at radius 1 is 1.03 bits per heavy atom. The molecule has 0 aliphatic heterocycles. The summed E-state index contributed by atoms with van der Waals surface area (Å²) in [6.07, 6.45) is 0.436. The number of methoxy groups -OCH3 is 2. The lowest BCUT2D eigenvalue weighted by Gasteiger charge is -2.33. The van der Waals surface area contributed by atoms with E-state index in [1.54, 1.807) is 24.3 Å². The fourth-order valence-corrected chi connectivity index (χ4v) is 3.47. The number of hydrogen-bond acceptors (Lipinski definition) is 5. The average molecular weight is 477 g/mol. The minimum absolute atomic E-state index is 0.180. The third kappa shape index (κ3) is 7.86. The molecule has 0 radical (unpaired) electrons. The second-order valence-corrected chi connectivity index (χ2v) is 9.02. The third-order valence-corrected chi connectivity index (χ3v) is 5.24. The van der Waals surface area contributed by atoms with E-state index in [2.05, 4.69) is 5.32 Å². The second-order valence-electron chi connectivity index (χ2n) is 8.61. The van der Waals surface area contributed by atoms with Crippen molar-refractivity contribution < 1.29 is 23.8 Å². The zero-order chi connectivity index (χ0) is 24.6. The molecule has 1 N–H and O–H groups in total. The molecular weight excluding hydrogens is 444 g/mol. The van der Waals surface area contributed by atoms with Gasteiger partial charge in [0.1, 0.15) is 23.3 Å². The molecule has 0 heterocycles. The van der Waals surface area contributed by atoms with Crippen LogP contribution in [0.15, 0.2) is 42.5 Å². The molecule has 0 bridgehead atoms. The molecule has 7 nitrogen and oxygen atoms in total. The van der Waals surface area contributed by atoms with E-state index in [-0.39, 0.29) is 25.0 Å². The lowest BCUT2D eigenvalue weighted by molar-refractivity contribution is -0.143. The predicted octanol–water partition coefficient (Wildman–Crippen LogP) is 4.46. The minimum Gasteiger partial charge on any atom is -0.496 e. The van der Waals surface area contributed by atoms with Crippen molar-refractivity contribution in [3.63, 3.8) is 0 Å². The predicted molar refractivity (Wildman–Crippen MR) is 129 cm³/mol. The molecule has 0 saturated heterocycles. The van der Waals surface area contributed by atoms with E-state index in [9.17, 15) is 9.59 Å². The van der Waals surface area contributed by atoms with Gasteiger partial charge in [-0.1, -0.05) is 36.7 Å². The summed E-state index contributed by atoms with van der Waals surface area (Å²) in [6, 6.07) is 11.6. The number of benzene rings is 2. The zero-order valence-corrected chi connectivity index (χ0v) is 20.9. The zero-order valence-electron chi connectivity index (χ0n) is 20.1. The van der Waals surface area contributed by atoms with Gasteiger partial charge in [-0.25, -0.2) is 0 Å². The van der Waals surface area contributed by atoms with Crippen molar-refractivity contribution in [2.24, 2.45) is 0 Å². The number of hydrogen-bond donors (Lipinski definition) is 1. The van der Waals surface area contributed by atoms with Crippen molar-refractivity contribution in [1.82, 2.24) is 10.2 Å². The lowest BCUT2D eigenvalue weighted by Crippen LogP contribution is -2.54. The Morgan fingerprint density at radius 3 is 2.12 bits per heavy atom. The molecule has 0 aromatic heterocycles. The van der Waals surface area contributed by atoms with Gasteiger partial charge in [0.15, 0.2) is 6.61 Å². The first-order valence-corrected chi connectivity index (χ1v) is 11.2. The van der Waals surface area contributed by atoms with Crippen LogP contribution in [0.25, 0.3) is 0 Å². The summed E-state index contributed by atoms with van der Waals surface area (Å²) < 4.78 is 16.3. The van der Waals surface area contributed by atoms with E-state index in [0.29, 0.717) is 28.7 Å². The summed E-state index contributed by atoms with van der Waals surface area (Å²) in [7, 11) is 3.07. The van der Waals surface area contributed by atoms with Gasteiger partial charge in [-0.3, -0.25) is 9.59 Å². The van der Waals surface area contributed by atoms with E-state index in [4.69, 9.17) is 25.8 Å². The maximum atomic E-state index is 13.3. The molecule has 2 amide bonds. The van der Waals surface area contributed by atoms with Crippen LogP contribution in [0.5, 0.6) is 17.2 Å². The van der Waals surface area contributed by atoms with Crippen molar-refractivity contribution in [2.75, 3.05) is 20.8 Å². The third-order valence-electron chi connectivity index (χ3n) is 4.87. The monoisotopic (exact) mass is 476 g/mol. The van der Waals surface area contributed by atoms with Gasteiger partial charge in [0, 0.05) is 35.3 Å². The highest BCUT2D eigenvalue weighted by molar-refractivity contribution is 6.31. The van der Waals surface area contributed by atoms with Gasteiger partial charge in [-0.2, -0.15) is 0 Å². The van der Waals surface area contributed by atoms with Crippen molar-refractivity contribution in [3.8, 4) is 17.2 Å². The SMILES string of the molecule is CCC(C(=O)NC(C)(C)C)N(Cc1ccccc1Cl)C(=O)COc1cc(OC)cc(OC)c1. The maximum absolute atomic E-state index is 13.3. The molecule has 2 aromatic carbocycles. The van der Waals surface area contributed by atoms with Crippen LogP contribution in [0, 0.1) is 0 Å². The van der Waals surface area contributed by atoms with E-state index >= 15 is 0 Å². The molecule has 0 aliphatic carbocycles. The molecule has 1 unspecified atom stereocenters. The van der Waals surface area contributed by atoms with Gasteiger partial charge < -0.3 is 24.4 Å². The Morgan fingerprint density at radius 2 is 1.61 bits per heavy atom. The van der Waals surface area contributed by atoms with E-state index in [1.807, 2.05) is 45.9 Å². The Bertz CT molecular complexity index is 936. The topological polar surface area (TPSA) is 77.1 Å². The Labute approximate surface area is 201 Å². The Kier molecular flexibility index (Phi) is 9.41. The van der Waals surface area contributed by atoms with Crippen molar-refractivity contribution >= 4 is 23.4 Å². The Hall–Kier alpha value is -2.93. The van der Waals surface area contributed by atoms with Crippen LogP contribution < -0.4 is 19.5 Å². The van der Waals surface area contributed by atoms with Crippen LogP contribution in [0.3, 0.4) is 0 Å². The van der Waals surface area contributed by atoms with Gasteiger partial charge in [0.05, 0.1) is 14.2 Å². The smallest absolute Gasteiger partial charge is 0.261 e. The number of rotatable bonds is 10. The van der Waals surface area contributed by atoms with Crippen LogP contribution in [0.4, 0.5) is 0 Å². The molecule has 180 valence electrons. The highest BCUT2D eigenvalue weighted by atomic mass is 35.5. The van der Waals surface area contributed by atoms with Gasteiger partial charge in [0.2, 0.25) is 5.91 Å². The van der Waals surface area contributed by atoms with Crippen LogP contribution >= 0.6 is 11.6 Å². The summed E-state index contributed by atoms with van der Waals surface area (Å²) in [6.45, 7) is 7.48. The summed E-state index contributed by atoms with van der Waals surface area (Å²) in [4.78, 5) is 27.9. The summed E-state index contributed by atoms with van der Waals surface area (Å²) in [5.41, 5.74) is 0.314. The lowest BCUT2D eigenvalue weighted by atomic mass is 10.1. The largest absolute Gasteiger partial charge is 0.496 e. The first-order valence-electron chi connectivity index (χ1n) is 10.8. The number of carbonyl (C=O) groups excluding carboxylic acids is 2. The molecule has 0 spiro atoms. The van der Waals surface area contributed by atoms with Crippen LogP contribution in [0.1, 0.15) is 39.7 Å². The van der Waals surface area contributed by atoms with Gasteiger partial charge in [-0.15, -0.1) is 0 Å². The maximum Gasteiger partial charge on any atom is 0.261 e. The molecule has 2 aromatic rings. The van der Waals surface area contributed by atoms with E-state index < -0.39 is 11.6 Å². The normalized spacial score (nSPS) is 12.0. The van der Waals surface area contributed by atoms with Crippen molar-refractivity contribution in [1.29, 1.82) is 0 Å². The number of halogens is 1. The van der Waals surface area contributed by atoms with Crippen molar-refractivity contribution in [3.05, 3.63) is 53.1 Å². The van der Waals surface area contributed by atoms with Crippen LogP contribution in [-0.2, 0) is 16.1 Å². The summed E-state index contributed by atoms with van der Waals surface area (Å²) in [5.74, 6) is 0.937. The number of carbonyl (C=O) groups is 2. The molecular formula is C25H33ClN2O5. The number of ether oxygens (including phenoxy) is 3. The average Bonchev–Trinajstić information content (AvgIpc) is 2.77. The van der Waals surface area contributed by atoms with Gasteiger partial charge >= 0.3 is 0 Å². The van der Waals surface area contributed by atoms with Crippen LogP contribution in [-0.4, -0.2) is 49.1 Å². The molecule has 8 heteroatoms. The molecule has 33 heavy (non-hydrogen) atoms. The van der Waals surface area contributed by atoms with Crippen LogP contribution in [0.2, 0.25) is 5.02 Å². The first-order chi connectivity index (χ1) is 15.6. The first kappa shape index (κ1) is 26.3. The quantitative estimate of drug-likeness (QED) is 0.548. The highest BCUT2D eigenvalue weighted by Crippen LogP contribution is 2.27. The summed E-state index contributed by atoms with van der Waals surface area (Å²) in [5, 5.41) is 3.50. The molecule has 1 atom stereocenters. The number of amides is 2. The highest BCUT2D eigenvalue weighted by Gasteiger charge is 2.31. The standard InChI is InChI=1S/C25H33ClN2O5/c1-7-22(24(30)27-25(2,3)4)28(15-17-10-8-9-11-21(17)26)23(29)16-33-20-13-18(31-5)12-19(14-20)32-6/h8-14,22H,7,15-16H2,1-6H3,(H,27,30). The number of nitrogens with zero attached hydrogens (tertiary/aromatic N) is 1. The molecule has 0 aliphatic rings. The van der Waals surface area contributed by atoms with E-state index in [0.717, 1.165) is 5.56 Å².